The summed E-state index contributed by atoms with van der Waals surface area (Å²) in [6.45, 7) is 6.56. The molecule has 0 aliphatic carbocycles. The number of aryl methyl sites for hydroxylation is 1. The third-order valence-corrected chi connectivity index (χ3v) is 4.11. The fourth-order valence-corrected chi connectivity index (χ4v) is 2.93. The lowest BCUT2D eigenvalue weighted by Gasteiger charge is -2.16. The average Bonchev–Trinajstić information content (AvgIpc) is 3.15. The molecule has 0 saturated carbocycles. The molecule has 5 nitrogen and oxygen atoms in total. The van der Waals surface area contributed by atoms with Crippen LogP contribution < -0.4 is 0 Å². The van der Waals surface area contributed by atoms with Crippen molar-refractivity contribution in [3.05, 3.63) is 59.9 Å². The number of aliphatic hydroxyl groups excluding tert-OH is 1. The van der Waals surface area contributed by atoms with Gasteiger partial charge < -0.3 is 10.1 Å². The van der Waals surface area contributed by atoms with Crippen molar-refractivity contribution in [3.8, 4) is 11.1 Å². The number of aromatic amines is 1. The van der Waals surface area contributed by atoms with Gasteiger partial charge in [-0.15, -0.1) is 0 Å². The minimum absolute atomic E-state index is 0.191. The van der Waals surface area contributed by atoms with E-state index in [1.807, 2.05) is 37.8 Å². The van der Waals surface area contributed by atoms with Crippen LogP contribution in [0.5, 0.6) is 0 Å². The zero-order valence-electron chi connectivity index (χ0n) is 15.3. The maximum atomic E-state index is 10.5. The highest BCUT2D eigenvalue weighted by Crippen LogP contribution is 2.23. The number of hydrogen-bond donors (Lipinski definition) is 2. The van der Waals surface area contributed by atoms with E-state index < -0.39 is 6.10 Å². The number of imidazole rings is 1. The summed E-state index contributed by atoms with van der Waals surface area (Å²) in [6.07, 6.45) is 6.49. The lowest BCUT2D eigenvalue weighted by atomic mass is 9.91. The highest BCUT2D eigenvalue weighted by molar-refractivity contribution is 5.61. The molecule has 2 heterocycles. The topological polar surface area (TPSA) is 66.7 Å². The Morgan fingerprint density at radius 3 is 2.44 bits per heavy atom. The van der Waals surface area contributed by atoms with Crippen LogP contribution in [0.3, 0.4) is 0 Å². The molecule has 0 saturated heterocycles. The molecule has 3 aromatic rings. The molecular formula is C20H26N4O. The Morgan fingerprint density at radius 2 is 1.84 bits per heavy atom. The molecular weight excluding hydrogens is 312 g/mol. The number of hydrogen-bond acceptors (Lipinski definition) is 3. The Bertz CT molecular complexity index is 824. The van der Waals surface area contributed by atoms with Gasteiger partial charge in [0, 0.05) is 37.1 Å². The van der Waals surface area contributed by atoms with Crippen molar-refractivity contribution in [1.82, 2.24) is 19.7 Å². The van der Waals surface area contributed by atoms with Crippen molar-refractivity contribution >= 4 is 0 Å². The molecule has 132 valence electrons. The summed E-state index contributed by atoms with van der Waals surface area (Å²) < 4.78 is 1.79. The molecule has 25 heavy (non-hydrogen) atoms. The summed E-state index contributed by atoms with van der Waals surface area (Å²) in [6, 6.07) is 8.22. The molecule has 0 fully saturated rings. The number of benzene rings is 1. The number of rotatable bonds is 5. The molecule has 0 aliphatic rings. The van der Waals surface area contributed by atoms with E-state index >= 15 is 0 Å². The molecule has 5 heteroatoms. The van der Waals surface area contributed by atoms with Crippen LogP contribution in [-0.2, 0) is 19.9 Å². The smallest absolute Gasteiger partial charge is 0.135 e. The third-order valence-electron chi connectivity index (χ3n) is 4.11. The highest BCUT2D eigenvalue weighted by atomic mass is 16.3. The van der Waals surface area contributed by atoms with Gasteiger partial charge >= 0.3 is 0 Å². The van der Waals surface area contributed by atoms with Crippen molar-refractivity contribution in [2.24, 2.45) is 12.5 Å². The first kappa shape index (κ1) is 17.4. The maximum Gasteiger partial charge on any atom is 0.135 e. The van der Waals surface area contributed by atoms with Gasteiger partial charge in [-0.1, -0.05) is 45.0 Å². The van der Waals surface area contributed by atoms with Crippen molar-refractivity contribution in [1.29, 1.82) is 0 Å². The Balaban J connectivity index is 1.66. The molecule has 0 spiro atoms. The van der Waals surface area contributed by atoms with Crippen molar-refractivity contribution in [2.75, 3.05) is 0 Å². The molecule has 1 unspecified atom stereocenters. The first-order chi connectivity index (χ1) is 11.8. The first-order valence-corrected chi connectivity index (χ1v) is 8.60. The number of nitrogens with one attached hydrogen (secondary N) is 1. The van der Waals surface area contributed by atoms with E-state index in [0.29, 0.717) is 12.2 Å². The SMILES string of the molecule is Cn1cc(-c2ccc(CC(O)c3ncc(CC(C)(C)C)[nH]3)cc2)cn1. The predicted octanol–water partition coefficient (Wildman–Crippen LogP) is 3.67. The summed E-state index contributed by atoms with van der Waals surface area (Å²) in [7, 11) is 1.91. The fraction of sp³-hybridized carbons (Fsp3) is 0.400. The standard InChI is InChI=1S/C20H26N4O/c1-20(2,3)10-17-12-21-19(23-17)18(25)9-14-5-7-15(8-6-14)16-11-22-24(4)13-16/h5-8,11-13,18,25H,9-10H2,1-4H3,(H,21,23). The van der Waals surface area contributed by atoms with Gasteiger partial charge in [0.25, 0.3) is 0 Å². The highest BCUT2D eigenvalue weighted by Gasteiger charge is 2.16. The van der Waals surface area contributed by atoms with E-state index in [0.717, 1.165) is 28.8 Å². The Hall–Kier alpha value is -2.40. The van der Waals surface area contributed by atoms with Crippen molar-refractivity contribution in [3.63, 3.8) is 0 Å². The normalized spacial score (nSPS) is 13.2. The zero-order valence-corrected chi connectivity index (χ0v) is 15.3. The van der Waals surface area contributed by atoms with E-state index in [4.69, 9.17) is 0 Å². The van der Waals surface area contributed by atoms with Crippen LogP contribution in [-0.4, -0.2) is 24.9 Å². The molecule has 1 aromatic carbocycles. The van der Waals surface area contributed by atoms with E-state index in [1.165, 1.54) is 0 Å². The Morgan fingerprint density at radius 1 is 1.12 bits per heavy atom. The van der Waals surface area contributed by atoms with Crippen LogP contribution in [0.2, 0.25) is 0 Å². The van der Waals surface area contributed by atoms with Crippen LogP contribution in [0.15, 0.2) is 42.9 Å². The number of aliphatic hydroxyl groups is 1. The largest absolute Gasteiger partial charge is 0.385 e. The van der Waals surface area contributed by atoms with Gasteiger partial charge in [0.15, 0.2) is 0 Å². The minimum Gasteiger partial charge on any atom is -0.385 e. The molecule has 0 radical (unpaired) electrons. The zero-order chi connectivity index (χ0) is 18.0. The second-order valence-corrected chi connectivity index (χ2v) is 7.85. The molecule has 0 amide bonds. The average molecular weight is 338 g/mol. The van der Waals surface area contributed by atoms with Crippen LogP contribution in [0.1, 0.15) is 44.0 Å². The van der Waals surface area contributed by atoms with Gasteiger partial charge in [-0.3, -0.25) is 4.68 Å². The Kier molecular flexibility index (Phi) is 4.77. The molecule has 0 bridgehead atoms. The monoisotopic (exact) mass is 338 g/mol. The summed E-state index contributed by atoms with van der Waals surface area (Å²) >= 11 is 0. The van der Waals surface area contributed by atoms with Crippen molar-refractivity contribution in [2.45, 2.75) is 39.7 Å². The second kappa shape index (κ2) is 6.84. The molecule has 2 N–H and O–H groups in total. The van der Waals surface area contributed by atoms with Crippen LogP contribution in [0.4, 0.5) is 0 Å². The summed E-state index contributed by atoms with van der Waals surface area (Å²) in [5, 5.41) is 14.7. The first-order valence-electron chi connectivity index (χ1n) is 8.60. The quantitative estimate of drug-likeness (QED) is 0.746. The van der Waals surface area contributed by atoms with E-state index in [-0.39, 0.29) is 5.41 Å². The molecule has 3 rings (SSSR count). The van der Waals surface area contributed by atoms with Crippen molar-refractivity contribution < 1.29 is 5.11 Å². The fourth-order valence-electron chi connectivity index (χ4n) is 2.93. The maximum absolute atomic E-state index is 10.5. The molecule has 1 atom stereocenters. The van der Waals surface area contributed by atoms with Crippen LogP contribution in [0, 0.1) is 5.41 Å². The number of nitrogens with zero attached hydrogens (tertiary/aromatic N) is 3. The van der Waals surface area contributed by atoms with Gasteiger partial charge in [-0.2, -0.15) is 5.10 Å². The van der Waals surface area contributed by atoms with E-state index in [9.17, 15) is 5.11 Å². The lowest BCUT2D eigenvalue weighted by Crippen LogP contribution is -2.10. The van der Waals surface area contributed by atoms with Crippen LogP contribution >= 0.6 is 0 Å². The van der Waals surface area contributed by atoms with Gasteiger partial charge in [0.05, 0.1) is 6.20 Å². The lowest BCUT2D eigenvalue weighted by molar-refractivity contribution is 0.169. The minimum atomic E-state index is -0.627. The summed E-state index contributed by atoms with van der Waals surface area (Å²) in [5.74, 6) is 0.635. The second-order valence-electron chi connectivity index (χ2n) is 7.85. The number of aromatic nitrogens is 4. The predicted molar refractivity (Wildman–Crippen MR) is 99.1 cm³/mol. The van der Waals surface area contributed by atoms with Gasteiger partial charge in [-0.25, -0.2) is 4.98 Å². The van der Waals surface area contributed by atoms with E-state index in [1.54, 1.807) is 4.68 Å². The van der Waals surface area contributed by atoms with E-state index in [2.05, 4.69) is 48.0 Å². The summed E-state index contributed by atoms with van der Waals surface area (Å²) in [5.41, 5.74) is 4.54. The third kappa shape index (κ3) is 4.57. The Labute approximate surface area is 148 Å². The number of H-pyrrole nitrogens is 1. The van der Waals surface area contributed by atoms with Gasteiger partial charge in [0.1, 0.15) is 11.9 Å². The van der Waals surface area contributed by atoms with Gasteiger partial charge in [-0.05, 0) is 23.0 Å². The molecule has 2 aromatic heterocycles. The summed E-state index contributed by atoms with van der Waals surface area (Å²) in [4.78, 5) is 7.61. The van der Waals surface area contributed by atoms with Gasteiger partial charge in [0.2, 0.25) is 0 Å². The molecule has 0 aliphatic heterocycles. The van der Waals surface area contributed by atoms with Crippen LogP contribution in [0.25, 0.3) is 11.1 Å².